The number of thioether (sulfide) groups is 1. The first-order valence-corrected chi connectivity index (χ1v) is 7.05. The van der Waals surface area contributed by atoms with E-state index in [9.17, 15) is 19.8 Å². The summed E-state index contributed by atoms with van der Waals surface area (Å²) in [6, 6.07) is 4.01. The topological polar surface area (TPSA) is 123 Å². The zero-order valence-corrected chi connectivity index (χ0v) is 12.3. The van der Waals surface area contributed by atoms with Crippen LogP contribution >= 0.6 is 11.8 Å². The fraction of sp³-hybridized carbons (Fsp3) is 0.231. The fourth-order valence-corrected chi connectivity index (χ4v) is 2.81. The molecule has 1 aliphatic rings. The van der Waals surface area contributed by atoms with Crippen LogP contribution in [0.1, 0.15) is 12.0 Å². The molecule has 9 heteroatoms. The Hall–Kier alpha value is -2.55. The Balaban J connectivity index is 2.11. The van der Waals surface area contributed by atoms with Crippen LogP contribution in [0.25, 0.3) is 0 Å². The van der Waals surface area contributed by atoms with Crippen LogP contribution in [-0.4, -0.2) is 55.8 Å². The van der Waals surface area contributed by atoms with Crippen molar-refractivity contribution in [2.45, 2.75) is 11.7 Å². The number of amides is 1. The number of phenols is 2. The molecule has 1 atom stereocenters. The van der Waals surface area contributed by atoms with Gasteiger partial charge < -0.3 is 15.3 Å². The first kappa shape index (κ1) is 15.8. The number of carboxylic acid groups (broad SMARTS) is 1. The van der Waals surface area contributed by atoms with Gasteiger partial charge in [0.2, 0.25) is 5.91 Å². The standard InChI is InChI=1S/C13H13N3O5S/c1-16-12(21)10(5-11(19)20)22-13(16)15-14-6-7-2-3-8(17)4-9(7)18/h2-4,6,10,17-18H,5H2,1H3,(H,19,20)/b14-6-,15-13+/t10-/m0/s1. The number of aromatic hydroxyl groups is 2. The lowest BCUT2D eigenvalue weighted by molar-refractivity contribution is -0.139. The highest BCUT2D eigenvalue weighted by molar-refractivity contribution is 8.15. The Bertz CT molecular complexity index is 674. The highest BCUT2D eigenvalue weighted by Gasteiger charge is 2.37. The van der Waals surface area contributed by atoms with Gasteiger partial charge in [0.1, 0.15) is 16.7 Å². The van der Waals surface area contributed by atoms with Crippen LogP contribution in [0.15, 0.2) is 28.4 Å². The number of amidine groups is 1. The summed E-state index contributed by atoms with van der Waals surface area (Å²) < 4.78 is 0. The van der Waals surface area contributed by atoms with Crippen LogP contribution < -0.4 is 0 Å². The molecule has 22 heavy (non-hydrogen) atoms. The van der Waals surface area contributed by atoms with Gasteiger partial charge in [-0.1, -0.05) is 11.8 Å². The number of phenolic OH excluding ortho intramolecular Hbond substituents is 2. The van der Waals surface area contributed by atoms with E-state index in [1.807, 2.05) is 0 Å². The van der Waals surface area contributed by atoms with Crippen molar-refractivity contribution >= 4 is 35.0 Å². The fourth-order valence-electron chi connectivity index (χ4n) is 1.73. The molecule has 8 nitrogen and oxygen atoms in total. The van der Waals surface area contributed by atoms with Gasteiger partial charge in [0.15, 0.2) is 5.17 Å². The lowest BCUT2D eigenvalue weighted by Crippen LogP contribution is -2.28. The van der Waals surface area contributed by atoms with Crippen molar-refractivity contribution < 1.29 is 24.9 Å². The van der Waals surface area contributed by atoms with Crippen molar-refractivity contribution in [1.29, 1.82) is 0 Å². The minimum absolute atomic E-state index is 0.0749. The van der Waals surface area contributed by atoms with Crippen LogP contribution in [0.3, 0.4) is 0 Å². The second-order valence-electron chi connectivity index (χ2n) is 4.47. The van der Waals surface area contributed by atoms with Gasteiger partial charge in [-0.05, 0) is 12.1 Å². The second-order valence-corrected chi connectivity index (χ2v) is 5.64. The molecule has 1 fully saturated rings. The number of hydrogen-bond donors (Lipinski definition) is 3. The van der Waals surface area contributed by atoms with E-state index in [1.165, 1.54) is 30.3 Å². The third-order valence-corrected chi connectivity index (χ3v) is 4.07. The summed E-state index contributed by atoms with van der Waals surface area (Å²) in [7, 11) is 1.49. The summed E-state index contributed by atoms with van der Waals surface area (Å²) in [4.78, 5) is 23.7. The zero-order valence-electron chi connectivity index (χ0n) is 11.5. The summed E-state index contributed by atoms with van der Waals surface area (Å²) in [6.07, 6.45) is 0.987. The minimum atomic E-state index is -1.06. The Morgan fingerprint density at radius 3 is 2.82 bits per heavy atom. The predicted molar refractivity (Wildman–Crippen MR) is 81.2 cm³/mol. The maximum atomic E-state index is 11.8. The molecule has 2 rings (SSSR count). The van der Waals surface area contributed by atoms with Crippen molar-refractivity contribution in [2.24, 2.45) is 10.2 Å². The van der Waals surface area contributed by atoms with E-state index in [-0.39, 0.29) is 29.0 Å². The maximum Gasteiger partial charge on any atom is 0.305 e. The number of carbonyl (C=O) groups excluding carboxylic acids is 1. The third-order valence-electron chi connectivity index (χ3n) is 2.85. The Labute approximate surface area is 129 Å². The van der Waals surface area contributed by atoms with E-state index >= 15 is 0 Å². The van der Waals surface area contributed by atoms with Crippen molar-refractivity contribution in [2.75, 3.05) is 7.05 Å². The van der Waals surface area contributed by atoms with Crippen LogP contribution in [0.2, 0.25) is 0 Å². The second kappa shape index (κ2) is 6.48. The van der Waals surface area contributed by atoms with Gasteiger partial charge in [-0.25, -0.2) is 0 Å². The average Bonchev–Trinajstić information content (AvgIpc) is 2.69. The Morgan fingerprint density at radius 1 is 1.45 bits per heavy atom. The molecular weight excluding hydrogens is 310 g/mol. The zero-order chi connectivity index (χ0) is 16.3. The van der Waals surface area contributed by atoms with E-state index in [0.29, 0.717) is 5.56 Å². The quantitative estimate of drug-likeness (QED) is 0.557. The molecule has 116 valence electrons. The Kier molecular flexibility index (Phi) is 4.66. The number of benzene rings is 1. The van der Waals surface area contributed by atoms with Crippen LogP contribution in [-0.2, 0) is 9.59 Å². The van der Waals surface area contributed by atoms with Crippen LogP contribution in [0.5, 0.6) is 11.5 Å². The molecule has 0 saturated carbocycles. The Morgan fingerprint density at radius 2 is 2.18 bits per heavy atom. The summed E-state index contributed by atoms with van der Waals surface area (Å²) in [6.45, 7) is 0. The molecule has 3 N–H and O–H groups in total. The molecule has 1 saturated heterocycles. The summed E-state index contributed by atoms with van der Waals surface area (Å²) in [5, 5.41) is 34.7. The number of hydrogen-bond acceptors (Lipinski definition) is 7. The van der Waals surface area contributed by atoms with Crippen molar-refractivity contribution in [3.63, 3.8) is 0 Å². The van der Waals surface area contributed by atoms with Gasteiger partial charge in [-0.3, -0.25) is 14.5 Å². The lowest BCUT2D eigenvalue weighted by Gasteiger charge is -2.06. The summed E-state index contributed by atoms with van der Waals surface area (Å²) in [5.41, 5.74) is 0.348. The van der Waals surface area contributed by atoms with Gasteiger partial charge >= 0.3 is 5.97 Å². The van der Waals surface area contributed by atoms with Crippen molar-refractivity contribution in [1.82, 2.24) is 4.90 Å². The van der Waals surface area contributed by atoms with E-state index in [1.54, 1.807) is 0 Å². The third kappa shape index (κ3) is 3.55. The molecule has 0 aromatic heterocycles. The molecule has 0 spiro atoms. The normalized spacial score (nSPS) is 20.2. The number of nitrogens with zero attached hydrogens (tertiary/aromatic N) is 3. The molecule has 0 aliphatic carbocycles. The monoisotopic (exact) mass is 323 g/mol. The highest BCUT2D eigenvalue weighted by Crippen LogP contribution is 2.28. The molecule has 0 radical (unpaired) electrons. The van der Waals surface area contributed by atoms with E-state index < -0.39 is 11.2 Å². The average molecular weight is 323 g/mol. The van der Waals surface area contributed by atoms with Crippen molar-refractivity contribution in [3.8, 4) is 11.5 Å². The summed E-state index contributed by atoms with van der Waals surface area (Å²) in [5.74, 6) is -1.63. The summed E-state index contributed by atoms with van der Waals surface area (Å²) >= 11 is 1.03. The number of rotatable bonds is 4. The highest BCUT2D eigenvalue weighted by atomic mass is 32.2. The van der Waals surface area contributed by atoms with Crippen LogP contribution in [0.4, 0.5) is 0 Å². The minimum Gasteiger partial charge on any atom is -0.508 e. The lowest BCUT2D eigenvalue weighted by atomic mass is 10.2. The van der Waals surface area contributed by atoms with Gasteiger partial charge in [0.25, 0.3) is 0 Å². The molecular formula is C13H13N3O5S. The van der Waals surface area contributed by atoms with Crippen molar-refractivity contribution in [3.05, 3.63) is 23.8 Å². The molecule has 0 unspecified atom stereocenters. The van der Waals surface area contributed by atoms with Gasteiger partial charge in [-0.15, -0.1) is 5.10 Å². The van der Waals surface area contributed by atoms with Gasteiger partial charge in [-0.2, -0.15) is 5.10 Å². The SMILES string of the molecule is CN1C(=O)[C@H](CC(=O)O)S/C1=N/N=C\c1ccc(O)cc1O. The van der Waals surface area contributed by atoms with E-state index in [0.717, 1.165) is 17.8 Å². The van der Waals surface area contributed by atoms with E-state index in [2.05, 4.69) is 10.2 Å². The predicted octanol–water partition coefficient (Wildman–Crippen LogP) is 0.836. The number of carboxylic acids is 1. The molecule has 1 aromatic carbocycles. The molecule has 1 aliphatic heterocycles. The molecule has 1 heterocycles. The number of carbonyl (C=O) groups is 2. The first-order valence-electron chi connectivity index (χ1n) is 6.17. The number of aliphatic carboxylic acids is 1. The van der Waals surface area contributed by atoms with Gasteiger partial charge in [0.05, 0.1) is 12.6 Å². The molecule has 1 aromatic rings. The van der Waals surface area contributed by atoms with Gasteiger partial charge in [0, 0.05) is 18.7 Å². The van der Waals surface area contributed by atoms with Crippen LogP contribution in [0, 0.1) is 0 Å². The molecule has 0 bridgehead atoms. The molecule has 1 amide bonds. The van der Waals surface area contributed by atoms with E-state index in [4.69, 9.17) is 5.11 Å². The smallest absolute Gasteiger partial charge is 0.305 e. The largest absolute Gasteiger partial charge is 0.508 e. The maximum absolute atomic E-state index is 11.8. The first-order chi connectivity index (χ1) is 10.4.